The fourth-order valence-corrected chi connectivity index (χ4v) is 2.62. The molecule has 1 rings (SSSR count). The number of hydrogen-bond acceptors (Lipinski definition) is 3. The molecule has 17 heavy (non-hydrogen) atoms. The summed E-state index contributed by atoms with van der Waals surface area (Å²) in [5, 5.41) is 3.53. The van der Waals surface area contributed by atoms with Crippen molar-refractivity contribution < 1.29 is 0 Å². The maximum atomic E-state index is 3.53. The maximum absolute atomic E-state index is 3.53. The number of rotatable bonds is 6. The Morgan fingerprint density at radius 1 is 1.12 bits per heavy atom. The first-order chi connectivity index (χ1) is 7.94. The van der Waals surface area contributed by atoms with Gasteiger partial charge in [-0.1, -0.05) is 13.8 Å². The molecule has 0 aliphatic carbocycles. The van der Waals surface area contributed by atoms with Gasteiger partial charge in [0, 0.05) is 28.4 Å². The predicted octanol–water partition coefficient (Wildman–Crippen LogP) is 3.48. The van der Waals surface area contributed by atoms with Crippen LogP contribution in [0.3, 0.4) is 0 Å². The summed E-state index contributed by atoms with van der Waals surface area (Å²) in [6.45, 7) is 15.4. The van der Waals surface area contributed by atoms with Crippen LogP contribution in [0, 0.1) is 0 Å². The molecule has 0 saturated heterocycles. The van der Waals surface area contributed by atoms with E-state index in [1.165, 1.54) is 9.75 Å². The fourth-order valence-electron chi connectivity index (χ4n) is 1.62. The molecular formula is C14H26N2S. The molecule has 0 radical (unpaired) electrons. The second-order valence-electron chi connectivity index (χ2n) is 5.43. The van der Waals surface area contributed by atoms with Crippen LogP contribution in [0.4, 0.5) is 0 Å². The summed E-state index contributed by atoms with van der Waals surface area (Å²) in [4.78, 5) is 5.36. The van der Waals surface area contributed by atoms with Gasteiger partial charge in [-0.25, -0.2) is 0 Å². The van der Waals surface area contributed by atoms with E-state index in [4.69, 9.17) is 0 Å². The third kappa shape index (κ3) is 5.66. The first-order valence-electron chi connectivity index (χ1n) is 6.49. The predicted molar refractivity (Wildman–Crippen MR) is 77.5 cm³/mol. The van der Waals surface area contributed by atoms with Crippen molar-refractivity contribution in [2.45, 2.75) is 53.2 Å². The molecule has 0 bridgehead atoms. The van der Waals surface area contributed by atoms with E-state index in [2.05, 4.69) is 57.0 Å². The van der Waals surface area contributed by atoms with E-state index in [0.717, 1.165) is 26.2 Å². The highest BCUT2D eigenvalue weighted by atomic mass is 32.1. The van der Waals surface area contributed by atoms with E-state index < -0.39 is 0 Å². The van der Waals surface area contributed by atoms with E-state index in [9.17, 15) is 0 Å². The molecule has 0 fully saturated rings. The SMILES string of the molecule is CCN(CC)Cc1ccc(CNC(C)(C)C)s1. The van der Waals surface area contributed by atoms with E-state index >= 15 is 0 Å². The van der Waals surface area contributed by atoms with Gasteiger partial charge in [0.25, 0.3) is 0 Å². The van der Waals surface area contributed by atoms with E-state index in [1.54, 1.807) is 0 Å². The highest BCUT2D eigenvalue weighted by Gasteiger charge is 2.10. The lowest BCUT2D eigenvalue weighted by Crippen LogP contribution is -2.34. The minimum absolute atomic E-state index is 0.197. The van der Waals surface area contributed by atoms with Crippen LogP contribution in [0.25, 0.3) is 0 Å². The van der Waals surface area contributed by atoms with Crippen molar-refractivity contribution in [1.82, 2.24) is 10.2 Å². The summed E-state index contributed by atoms with van der Waals surface area (Å²) in [7, 11) is 0. The molecule has 1 heterocycles. The highest BCUT2D eigenvalue weighted by Crippen LogP contribution is 2.19. The largest absolute Gasteiger partial charge is 0.307 e. The normalized spacial score (nSPS) is 12.4. The molecule has 0 amide bonds. The van der Waals surface area contributed by atoms with Crippen molar-refractivity contribution in [3.05, 3.63) is 21.9 Å². The van der Waals surface area contributed by atoms with Gasteiger partial charge >= 0.3 is 0 Å². The van der Waals surface area contributed by atoms with Crippen molar-refractivity contribution in [2.24, 2.45) is 0 Å². The Morgan fingerprint density at radius 3 is 2.24 bits per heavy atom. The molecular weight excluding hydrogens is 228 g/mol. The number of thiophene rings is 1. The topological polar surface area (TPSA) is 15.3 Å². The molecule has 0 unspecified atom stereocenters. The molecule has 98 valence electrons. The molecule has 0 spiro atoms. The fraction of sp³-hybridized carbons (Fsp3) is 0.714. The third-order valence-electron chi connectivity index (χ3n) is 2.78. The van der Waals surface area contributed by atoms with Crippen LogP contribution in [0.1, 0.15) is 44.4 Å². The zero-order valence-corrected chi connectivity index (χ0v) is 12.7. The summed E-state index contributed by atoms with van der Waals surface area (Å²) >= 11 is 1.93. The zero-order chi connectivity index (χ0) is 12.9. The standard InChI is InChI=1S/C14H26N2S/c1-6-16(7-2)11-13-9-8-12(17-13)10-15-14(3,4)5/h8-9,15H,6-7,10-11H2,1-5H3. The second kappa shape index (κ2) is 6.53. The first kappa shape index (κ1) is 14.7. The van der Waals surface area contributed by atoms with Gasteiger partial charge < -0.3 is 5.32 Å². The molecule has 2 nitrogen and oxygen atoms in total. The lowest BCUT2D eigenvalue weighted by Gasteiger charge is -2.19. The highest BCUT2D eigenvalue weighted by molar-refractivity contribution is 7.11. The van der Waals surface area contributed by atoms with E-state index in [0.29, 0.717) is 0 Å². The Morgan fingerprint density at radius 2 is 1.71 bits per heavy atom. The Hall–Kier alpha value is -0.380. The Labute approximate surface area is 110 Å². The van der Waals surface area contributed by atoms with Gasteiger partial charge in [0.1, 0.15) is 0 Å². The minimum Gasteiger partial charge on any atom is -0.307 e. The van der Waals surface area contributed by atoms with Crippen molar-refractivity contribution >= 4 is 11.3 Å². The van der Waals surface area contributed by atoms with E-state index in [1.807, 2.05) is 11.3 Å². The van der Waals surface area contributed by atoms with Crippen LogP contribution in [-0.4, -0.2) is 23.5 Å². The lowest BCUT2D eigenvalue weighted by atomic mass is 10.1. The minimum atomic E-state index is 0.197. The van der Waals surface area contributed by atoms with Gasteiger partial charge in [-0.3, -0.25) is 4.90 Å². The van der Waals surface area contributed by atoms with Crippen LogP contribution in [0.2, 0.25) is 0 Å². The van der Waals surface area contributed by atoms with Gasteiger partial charge in [-0.2, -0.15) is 0 Å². The first-order valence-corrected chi connectivity index (χ1v) is 7.31. The Balaban J connectivity index is 2.48. The number of nitrogens with one attached hydrogen (secondary N) is 1. The molecule has 1 aromatic heterocycles. The molecule has 0 aliphatic heterocycles. The summed E-state index contributed by atoms with van der Waals surface area (Å²) < 4.78 is 0. The molecule has 0 saturated carbocycles. The monoisotopic (exact) mass is 254 g/mol. The van der Waals surface area contributed by atoms with Gasteiger partial charge in [-0.15, -0.1) is 11.3 Å². The smallest absolute Gasteiger partial charge is 0.0327 e. The van der Waals surface area contributed by atoms with Crippen molar-refractivity contribution in [1.29, 1.82) is 0 Å². The molecule has 0 atom stereocenters. The van der Waals surface area contributed by atoms with Crippen LogP contribution in [0.5, 0.6) is 0 Å². The third-order valence-corrected chi connectivity index (χ3v) is 3.85. The van der Waals surface area contributed by atoms with Gasteiger partial charge in [0.2, 0.25) is 0 Å². The van der Waals surface area contributed by atoms with Crippen LogP contribution in [-0.2, 0) is 13.1 Å². The van der Waals surface area contributed by atoms with Gasteiger partial charge in [0.05, 0.1) is 0 Å². The second-order valence-corrected chi connectivity index (χ2v) is 6.69. The molecule has 1 N–H and O–H groups in total. The molecule has 3 heteroatoms. The molecule has 0 aromatic carbocycles. The quantitative estimate of drug-likeness (QED) is 0.836. The molecule has 0 aliphatic rings. The summed E-state index contributed by atoms with van der Waals surface area (Å²) in [6.07, 6.45) is 0. The average molecular weight is 254 g/mol. The van der Waals surface area contributed by atoms with E-state index in [-0.39, 0.29) is 5.54 Å². The average Bonchev–Trinajstić information content (AvgIpc) is 2.70. The summed E-state index contributed by atoms with van der Waals surface area (Å²) in [5.74, 6) is 0. The van der Waals surface area contributed by atoms with Crippen LogP contribution >= 0.6 is 11.3 Å². The number of hydrogen-bond donors (Lipinski definition) is 1. The molecule has 1 aromatic rings. The van der Waals surface area contributed by atoms with Crippen molar-refractivity contribution in [2.75, 3.05) is 13.1 Å². The van der Waals surface area contributed by atoms with Gasteiger partial charge in [-0.05, 0) is 46.0 Å². The summed E-state index contributed by atoms with van der Waals surface area (Å²) in [5.41, 5.74) is 0.197. The van der Waals surface area contributed by atoms with Crippen molar-refractivity contribution in [3.8, 4) is 0 Å². The maximum Gasteiger partial charge on any atom is 0.0327 e. The zero-order valence-electron chi connectivity index (χ0n) is 11.8. The number of nitrogens with zero attached hydrogens (tertiary/aromatic N) is 1. The van der Waals surface area contributed by atoms with Crippen LogP contribution < -0.4 is 5.32 Å². The lowest BCUT2D eigenvalue weighted by molar-refractivity contribution is 0.298. The Bertz CT molecular complexity index is 321. The Kier molecular flexibility index (Phi) is 5.63. The van der Waals surface area contributed by atoms with Crippen molar-refractivity contribution in [3.63, 3.8) is 0 Å². The van der Waals surface area contributed by atoms with Gasteiger partial charge in [0.15, 0.2) is 0 Å². The summed E-state index contributed by atoms with van der Waals surface area (Å²) in [6, 6.07) is 4.52. The van der Waals surface area contributed by atoms with Crippen LogP contribution in [0.15, 0.2) is 12.1 Å².